The first kappa shape index (κ1) is 17.6. The van der Waals surface area contributed by atoms with Crippen molar-refractivity contribution in [2.75, 3.05) is 36.5 Å². The first-order valence-corrected chi connectivity index (χ1v) is 9.50. The molecule has 3 rings (SSSR count). The van der Waals surface area contributed by atoms with Gasteiger partial charge >= 0.3 is 0 Å². The van der Waals surface area contributed by atoms with Gasteiger partial charge in [-0.1, -0.05) is 30.0 Å². The molecule has 1 amide bonds. The molecule has 0 bridgehead atoms. The Morgan fingerprint density at radius 3 is 2.84 bits per heavy atom. The van der Waals surface area contributed by atoms with Gasteiger partial charge in [0, 0.05) is 31.9 Å². The van der Waals surface area contributed by atoms with E-state index in [9.17, 15) is 4.79 Å². The maximum Gasteiger partial charge on any atom is 0.230 e. The molecule has 0 saturated heterocycles. The Kier molecular flexibility index (Phi) is 5.80. The van der Waals surface area contributed by atoms with E-state index in [1.54, 1.807) is 0 Å². The SMILES string of the molecule is CN(CCCNC(=O)CSc1nnc(N)n1C1CC1)c1ccccc1. The summed E-state index contributed by atoms with van der Waals surface area (Å²) >= 11 is 1.39. The molecule has 1 aromatic heterocycles. The van der Waals surface area contributed by atoms with E-state index >= 15 is 0 Å². The van der Waals surface area contributed by atoms with Crippen molar-refractivity contribution >= 4 is 29.3 Å². The molecule has 1 saturated carbocycles. The number of amides is 1. The molecule has 1 aromatic carbocycles. The van der Waals surface area contributed by atoms with Crippen LogP contribution in [0.25, 0.3) is 0 Å². The van der Waals surface area contributed by atoms with Gasteiger partial charge < -0.3 is 16.0 Å². The van der Waals surface area contributed by atoms with E-state index in [0.717, 1.165) is 31.0 Å². The molecule has 0 radical (unpaired) electrons. The first-order valence-electron chi connectivity index (χ1n) is 8.51. The molecule has 0 aliphatic heterocycles. The van der Waals surface area contributed by atoms with Crippen molar-refractivity contribution in [1.29, 1.82) is 0 Å². The summed E-state index contributed by atoms with van der Waals surface area (Å²) in [4.78, 5) is 14.2. The van der Waals surface area contributed by atoms with E-state index in [-0.39, 0.29) is 5.91 Å². The van der Waals surface area contributed by atoms with Crippen LogP contribution in [0.4, 0.5) is 11.6 Å². The van der Waals surface area contributed by atoms with E-state index in [1.165, 1.54) is 17.4 Å². The van der Waals surface area contributed by atoms with Crippen LogP contribution >= 0.6 is 11.8 Å². The fraction of sp³-hybridized carbons (Fsp3) is 0.471. The third-order valence-electron chi connectivity index (χ3n) is 4.12. The predicted molar refractivity (Wildman–Crippen MR) is 101 cm³/mol. The fourth-order valence-electron chi connectivity index (χ4n) is 2.60. The zero-order valence-corrected chi connectivity index (χ0v) is 15.2. The van der Waals surface area contributed by atoms with Crippen LogP contribution in [0.2, 0.25) is 0 Å². The number of nitrogens with two attached hydrogens (primary N) is 1. The van der Waals surface area contributed by atoms with Crippen molar-refractivity contribution in [1.82, 2.24) is 20.1 Å². The third kappa shape index (κ3) is 4.88. The van der Waals surface area contributed by atoms with Gasteiger partial charge in [-0.15, -0.1) is 10.2 Å². The molecule has 7 nitrogen and oxygen atoms in total. The zero-order chi connectivity index (χ0) is 17.6. The van der Waals surface area contributed by atoms with E-state index in [2.05, 4.69) is 39.6 Å². The fourth-order valence-corrected chi connectivity index (χ4v) is 3.44. The average molecular weight is 360 g/mol. The van der Waals surface area contributed by atoms with Crippen LogP contribution in [0.3, 0.4) is 0 Å². The molecule has 0 unspecified atom stereocenters. The second kappa shape index (κ2) is 8.24. The Labute approximate surface area is 152 Å². The minimum Gasteiger partial charge on any atom is -0.375 e. The van der Waals surface area contributed by atoms with E-state index in [0.29, 0.717) is 24.3 Å². The zero-order valence-electron chi connectivity index (χ0n) is 14.4. The first-order chi connectivity index (χ1) is 12.1. The number of nitrogens with one attached hydrogen (secondary N) is 1. The molecule has 0 spiro atoms. The summed E-state index contributed by atoms with van der Waals surface area (Å²) in [6.07, 6.45) is 3.11. The summed E-state index contributed by atoms with van der Waals surface area (Å²) in [5, 5.41) is 11.7. The van der Waals surface area contributed by atoms with Crippen molar-refractivity contribution in [2.45, 2.75) is 30.5 Å². The lowest BCUT2D eigenvalue weighted by molar-refractivity contribution is -0.118. The van der Waals surface area contributed by atoms with Gasteiger partial charge in [-0.25, -0.2) is 0 Å². The predicted octanol–water partition coefficient (Wildman–Crippen LogP) is 1.93. The normalized spacial score (nSPS) is 13.6. The molecule has 1 heterocycles. The average Bonchev–Trinajstić information content (AvgIpc) is 3.40. The quantitative estimate of drug-likeness (QED) is 0.525. The number of hydrogen-bond acceptors (Lipinski definition) is 6. The number of nitrogens with zero attached hydrogens (tertiary/aromatic N) is 4. The van der Waals surface area contributed by atoms with Crippen LogP contribution in [-0.2, 0) is 4.79 Å². The highest BCUT2D eigenvalue weighted by Gasteiger charge is 2.29. The van der Waals surface area contributed by atoms with Gasteiger partial charge in [0.05, 0.1) is 5.75 Å². The van der Waals surface area contributed by atoms with Crippen LogP contribution in [0, 0.1) is 0 Å². The van der Waals surface area contributed by atoms with Crippen LogP contribution in [0.1, 0.15) is 25.3 Å². The number of rotatable bonds is 9. The second-order valence-electron chi connectivity index (χ2n) is 6.19. The number of para-hydroxylation sites is 1. The van der Waals surface area contributed by atoms with Gasteiger partial charge in [0.1, 0.15) is 0 Å². The highest BCUT2D eigenvalue weighted by atomic mass is 32.2. The minimum atomic E-state index is 0.0104. The third-order valence-corrected chi connectivity index (χ3v) is 5.07. The molecular weight excluding hydrogens is 336 g/mol. The second-order valence-corrected chi connectivity index (χ2v) is 7.13. The Hall–Kier alpha value is -2.22. The lowest BCUT2D eigenvalue weighted by Gasteiger charge is -2.19. The number of aromatic nitrogens is 3. The lowest BCUT2D eigenvalue weighted by Crippen LogP contribution is -2.29. The highest BCUT2D eigenvalue weighted by Crippen LogP contribution is 2.39. The van der Waals surface area contributed by atoms with Crippen molar-refractivity contribution < 1.29 is 4.79 Å². The Morgan fingerprint density at radius 2 is 2.12 bits per heavy atom. The number of anilines is 2. The number of carbonyl (C=O) groups is 1. The topological polar surface area (TPSA) is 89.1 Å². The molecular formula is C17H24N6OS. The van der Waals surface area contributed by atoms with Gasteiger partial charge in [-0.05, 0) is 31.4 Å². The number of hydrogen-bond donors (Lipinski definition) is 2. The van der Waals surface area contributed by atoms with Gasteiger partial charge in [-0.3, -0.25) is 9.36 Å². The summed E-state index contributed by atoms with van der Waals surface area (Å²) in [7, 11) is 2.06. The minimum absolute atomic E-state index is 0.0104. The van der Waals surface area contributed by atoms with E-state index in [4.69, 9.17) is 5.73 Å². The summed E-state index contributed by atoms with van der Waals surface area (Å²) in [5.74, 6) is 0.782. The summed E-state index contributed by atoms with van der Waals surface area (Å²) in [6.45, 7) is 1.55. The number of carbonyl (C=O) groups excluding carboxylic acids is 1. The number of nitrogen functional groups attached to an aromatic ring is 1. The lowest BCUT2D eigenvalue weighted by atomic mass is 10.3. The van der Waals surface area contributed by atoms with Crippen molar-refractivity contribution in [3.63, 3.8) is 0 Å². The summed E-state index contributed by atoms with van der Waals surface area (Å²) in [5.41, 5.74) is 7.02. The molecule has 0 atom stereocenters. The van der Waals surface area contributed by atoms with E-state index < -0.39 is 0 Å². The van der Waals surface area contributed by atoms with Crippen molar-refractivity contribution in [3.8, 4) is 0 Å². The van der Waals surface area contributed by atoms with Gasteiger partial charge in [-0.2, -0.15) is 0 Å². The van der Waals surface area contributed by atoms with Crippen molar-refractivity contribution in [3.05, 3.63) is 30.3 Å². The Bertz CT molecular complexity index is 700. The van der Waals surface area contributed by atoms with Crippen molar-refractivity contribution in [2.24, 2.45) is 0 Å². The number of thioether (sulfide) groups is 1. The highest BCUT2D eigenvalue weighted by molar-refractivity contribution is 7.99. The van der Waals surface area contributed by atoms with Crippen LogP contribution in [0.15, 0.2) is 35.5 Å². The Morgan fingerprint density at radius 1 is 1.36 bits per heavy atom. The molecule has 3 N–H and O–H groups in total. The number of benzene rings is 1. The maximum absolute atomic E-state index is 12.0. The smallest absolute Gasteiger partial charge is 0.230 e. The van der Waals surface area contributed by atoms with E-state index in [1.807, 2.05) is 22.8 Å². The van der Waals surface area contributed by atoms with Crippen LogP contribution < -0.4 is 16.0 Å². The molecule has 8 heteroatoms. The maximum atomic E-state index is 12.0. The van der Waals surface area contributed by atoms with Crippen LogP contribution in [0.5, 0.6) is 0 Å². The van der Waals surface area contributed by atoms with Gasteiger partial charge in [0.25, 0.3) is 0 Å². The largest absolute Gasteiger partial charge is 0.375 e. The Balaban J connectivity index is 1.35. The molecule has 25 heavy (non-hydrogen) atoms. The standard InChI is InChI=1S/C17H24N6OS/c1-22(13-6-3-2-4-7-13)11-5-10-19-15(24)12-25-17-21-20-16(18)23(17)14-8-9-14/h2-4,6-7,14H,5,8-12H2,1H3,(H2,18,20)(H,19,24). The summed E-state index contributed by atoms with van der Waals surface area (Å²) < 4.78 is 1.94. The summed E-state index contributed by atoms with van der Waals surface area (Å²) in [6, 6.07) is 10.6. The molecule has 2 aromatic rings. The molecule has 134 valence electrons. The monoisotopic (exact) mass is 360 g/mol. The van der Waals surface area contributed by atoms with Gasteiger partial charge in [0.2, 0.25) is 11.9 Å². The van der Waals surface area contributed by atoms with Gasteiger partial charge in [0.15, 0.2) is 5.16 Å². The molecule has 1 fully saturated rings. The molecule has 1 aliphatic rings. The molecule has 1 aliphatic carbocycles. The van der Waals surface area contributed by atoms with Crippen LogP contribution in [-0.4, -0.2) is 46.6 Å².